The van der Waals surface area contributed by atoms with Crippen LogP contribution in [-0.2, 0) is 0 Å². The maximum Gasteiger partial charge on any atom is 0.269 e. The van der Waals surface area contributed by atoms with Crippen molar-refractivity contribution in [1.29, 1.82) is 0 Å². The molecule has 0 radical (unpaired) electrons. The molecule has 1 amide bonds. The van der Waals surface area contributed by atoms with Gasteiger partial charge in [-0.25, -0.2) is 0 Å². The Kier molecular flexibility index (Phi) is 5.71. The van der Waals surface area contributed by atoms with E-state index in [1.54, 1.807) is 12.1 Å². The first-order valence-electron chi connectivity index (χ1n) is 6.06. The molecule has 110 valence electrons. The van der Waals surface area contributed by atoms with Gasteiger partial charge in [-0.15, -0.1) is 0 Å². The maximum atomic E-state index is 12.0. The van der Waals surface area contributed by atoms with E-state index in [1.807, 2.05) is 19.9 Å². The molecular weight excluding hydrogens is 260 g/mol. The van der Waals surface area contributed by atoms with E-state index in [4.69, 9.17) is 14.2 Å². The lowest BCUT2D eigenvalue weighted by Gasteiger charge is -2.14. The Bertz CT molecular complexity index is 487. The molecular formula is C14H20N2O4. The molecule has 0 saturated carbocycles. The van der Waals surface area contributed by atoms with Crippen molar-refractivity contribution in [1.82, 2.24) is 10.9 Å². The fourth-order valence-electron chi connectivity index (χ4n) is 1.51. The Morgan fingerprint density at radius 1 is 1.05 bits per heavy atom. The second-order valence-electron chi connectivity index (χ2n) is 3.96. The van der Waals surface area contributed by atoms with E-state index in [0.29, 0.717) is 22.8 Å². The van der Waals surface area contributed by atoms with Crippen molar-refractivity contribution in [2.45, 2.75) is 13.8 Å². The van der Waals surface area contributed by atoms with Crippen LogP contribution in [0.25, 0.3) is 0 Å². The Labute approximate surface area is 118 Å². The van der Waals surface area contributed by atoms with Crippen molar-refractivity contribution in [3.05, 3.63) is 29.5 Å². The largest absolute Gasteiger partial charge is 0.493 e. The summed E-state index contributed by atoms with van der Waals surface area (Å²) >= 11 is 0. The van der Waals surface area contributed by atoms with Crippen LogP contribution >= 0.6 is 0 Å². The molecule has 1 aromatic rings. The lowest BCUT2D eigenvalue weighted by molar-refractivity contribution is 0.0938. The van der Waals surface area contributed by atoms with Crippen molar-refractivity contribution in [3.63, 3.8) is 0 Å². The minimum absolute atomic E-state index is 0.301. The van der Waals surface area contributed by atoms with Crippen molar-refractivity contribution >= 4 is 5.91 Å². The minimum atomic E-state index is -0.301. The Hall–Kier alpha value is -2.37. The average Bonchev–Trinajstić information content (AvgIpc) is 2.50. The summed E-state index contributed by atoms with van der Waals surface area (Å²) in [4.78, 5) is 12.0. The molecule has 6 heteroatoms. The number of hydrazine groups is 1. The predicted molar refractivity (Wildman–Crippen MR) is 76.1 cm³/mol. The van der Waals surface area contributed by atoms with E-state index in [1.165, 1.54) is 21.3 Å². The fraction of sp³-hybridized carbons (Fsp3) is 0.357. The maximum absolute atomic E-state index is 12.0. The van der Waals surface area contributed by atoms with Gasteiger partial charge in [0.2, 0.25) is 5.75 Å². The van der Waals surface area contributed by atoms with Gasteiger partial charge in [0.1, 0.15) is 0 Å². The van der Waals surface area contributed by atoms with Crippen LogP contribution in [0.5, 0.6) is 17.2 Å². The highest BCUT2D eigenvalue weighted by atomic mass is 16.5. The summed E-state index contributed by atoms with van der Waals surface area (Å²) in [6, 6.07) is 3.17. The number of benzene rings is 1. The molecule has 0 atom stereocenters. The number of amides is 1. The van der Waals surface area contributed by atoms with Crippen LogP contribution in [0.1, 0.15) is 24.2 Å². The first-order valence-corrected chi connectivity index (χ1v) is 6.06. The second-order valence-corrected chi connectivity index (χ2v) is 3.96. The summed E-state index contributed by atoms with van der Waals surface area (Å²) in [6.07, 6.45) is 1.84. The van der Waals surface area contributed by atoms with E-state index < -0.39 is 0 Å². The van der Waals surface area contributed by atoms with Crippen molar-refractivity contribution in [2.75, 3.05) is 21.3 Å². The number of rotatable bonds is 6. The Morgan fingerprint density at radius 2 is 1.60 bits per heavy atom. The molecule has 6 nitrogen and oxygen atoms in total. The minimum Gasteiger partial charge on any atom is -0.493 e. The van der Waals surface area contributed by atoms with Gasteiger partial charge in [-0.3, -0.25) is 10.2 Å². The Balaban J connectivity index is 3.03. The van der Waals surface area contributed by atoms with E-state index in [-0.39, 0.29) is 5.91 Å². The van der Waals surface area contributed by atoms with Crippen LogP contribution in [0.15, 0.2) is 23.9 Å². The number of nitrogens with one attached hydrogen (secondary N) is 2. The first kappa shape index (κ1) is 15.7. The summed E-state index contributed by atoms with van der Waals surface area (Å²) in [5, 5.41) is 0. The number of ether oxygens (including phenoxy) is 3. The summed E-state index contributed by atoms with van der Waals surface area (Å²) in [7, 11) is 4.51. The molecule has 0 aliphatic carbocycles. The smallest absolute Gasteiger partial charge is 0.269 e. The van der Waals surface area contributed by atoms with Gasteiger partial charge in [0.15, 0.2) is 11.5 Å². The van der Waals surface area contributed by atoms with Crippen LogP contribution < -0.4 is 25.1 Å². The van der Waals surface area contributed by atoms with Crippen LogP contribution in [0.4, 0.5) is 0 Å². The van der Waals surface area contributed by atoms with Crippen molar-refractivity contribution in [2.24, 2.45) is 0 Å². The number of carbonyl (C=O) groups is 1. The first-order chi connectivity index (χ1) is 9.57. The van der Waals surface area contributed by atoms with E-state index in [0.717, 1.165) is 5.70 Å². The lowest BCUT2D eigenvalue weighted by atomic mass is 10.1. The average molecular weight is 280 g/mol. The summed E-state index contributed by atoms with van der Waals surface area (Å²) in [5.74, 6) is 1.01. The van der Waals surface area contributed by atoms with Gasteiger partial charge >= 0.3 is 0 Å². The third-order valence-electron chi connectivity index (χ3n) is 2.73. The molecule has 0 saturated heterocycles. The molecule has 0 spiro atoms. The number of carbonyl (C=O) groups excluding carboxylic acids is 1. The van der Waals surface area contributed by atoms with Crippen LogP contribution in [0, 0.1) is 0 Å². The Morgan fingerprint density at radius 3 is 2.00 bits per heavy atom. The molecule has 0 aliphatic heterocycles. The molecule has 0 unspecified atom stereocenters. The predicted octanol–water partition coefficient (Wildman–Crippen LogP) is 1.87. The van der Waals surface area contributed by atoms with Gasteiger partial charge < -0.3 is 19.6 Å². The quantitative estimate of drug-likeness (QED) is 0.779. The highest BCUT2D eigenvalue weighted by Crippen LogP contribution is 2.38. The van der Waals surface area contributed by atoms with Crippen molar-refractivity contribution < 1.29 is 19.0 Å². The van der Waals surface area contributed by atoms with E-state index in [2.05, 4.69) is 10.9 Å². The van der Waals surface area contributed by atoms with Gasteiger partial charge in [0.05, 0.1) is 21.3 Å². The van der Waals surface area contributed by atoms with Gasteiger partial charge in [-0.05, 0) is 26.0 Å². The summed E-state index contributed by atoms with van der Waals surface area (Å²) in [5.41, 5.74) is 6.60. The molecule has 2 N–H and O–H groups in total. The molecule has 0 aromatic heterocycles. The highest BCUT2D eigenvalue weighted by molar-refractivity contribution is 5.95. The number of methoxy groups -OCH3 is 3. The molecule has 1 aromatic carbocycles. The topological polar surface area (TPSA) is 68.8 Å². The standard InChI is InChI=1S/C14H20N2O4/c1-6-9(2)15-16-14(17)10-7-11(18-3)13(20-5)12(8-10)19-4/h6-8,15H,1-5H3,(H,16,17). The molecule has 0 heterocycles. The van der Waals surface area contributed by atoms with E-state index in [9.17, 15) is 4.79 Å². The molecule has 20 heavy (non-hydrogen) atoms. The third kappa shape index (κ3) is 3.57. The van der Waals surface area contributed by atoms with Gasteiger partial charge in [-0.2, -0.15) is 0 Å². The monoisotopic (exact) mass is 280 g/mol. The van der Waals surface area contributed by atoms with Gasteiger partial charge in [-0.1, -0.05) is 6.08 Å². The van der Waals surface area contributed by atoms with Crippen LogP contribution in [-0.4, -0.2) is 27.2 Å². The molecule has 0 bridgehead atoms. The van der Waals surface area contributed by atoms with Crippen LogP contribution in [0.3, 0.4) is 0 Å². The van der Waals surface area contributed by atoms with Crippen LogP contribution in [0.2, 0.25) is 0 Å². The summed E-state index contributed by atoms with van der Waals surface area (Å²) in [6.45, 7) is 3.71. The van der Waals surface area contributed by atoms with E-state index >= 15 is 0 Å². The molecule has 0 fully saturated rings. The summed E-state index contributed by atoms with van der Waals surface area (Å²) < 4.78 is 15.6. The van der Waals surface area contributed by atoms with Gasteiger partial charge in [0, 0.05) is 11.3 Å². The second kappa shape index (κ2) is 7.28. The zero-order chi connectivity index (χ0) is 15.1. The lowest BCUT2D eigenvalue weighted by Crippen LogP contribution is -2.36. The third-order valence-corrected chi connectivity index (χ3v) is 2.73. The zero-order valence-corrected chi connectivity index (χ0v) is 12.4. The zero-order valence-electron chi connectivity index (χ0n) is 12.4. The number of allylic oxidation sites excluding steroid dienone is 2. The van der Waals surface area contributed by atoms with Gasteiger partial charge in [0.25, 0.3) is 5.91 Å². The van der Waals surface area contributed by atoms with Crippen molar-refractivity contribution in [3.8, 4) is 17.2 Å². The molecule has 0 aliphatic rings. The highest BCUT2D eigenvalue weighted by Gasteiger charge is 2.16. The fourth-order valence-corrected chi connectivity index (χ4v) is 1.51. The number of hydrogen-bond donors (Lipinski definition) is 2. The number of hydrogen-bond acceptors (Lipinski definition) is 5. The normalized spacial score (nSPS) is 10.8. The molecule has 1 rings (SSSR count). The SMILES string of the molecule is CC=C(C)NNC(=O)c1cc(OC)c(OC)c(OC)c1.